The zero-order chi connectivity index (χ0) is 26.4. The quantitative estimate of drug-likeness (QED) is 0.267. The number of methoxy groups -OCH3 is 2. The summed E-state index contributed by atoms with van der Waals surface area (Å²) in [5, 5.41) is 11.6. The molecule has 1 saturated heterocycles. The van der Waals surface area contributed by atoms with Crippen LogP contribution in [0.1, 0.15) is 37.9 Å². The first-order valence-electron chi connectivity index (χ1n) is 12.0. The second kappa shape index (κ2) is 12.1. The Hall–Kier alpha value is -3.23. The molecule has 0 radical (unpaired) electrons. The molecular formula is C27H33ClN2O6. The van der Waals surface area contributed by atoms with E-state index in [0.717, 1.165) is 13.1 Å². The average molecular weight is 517 g/mol. The van der Waals surface area contributed by atoms with Gasteiger partial charge in [-0.1, -0.05) is 31.5 Å². The summed E-state index contributed by atoms with van der Waals surface area (Å²) in [6.45, 7) is 8.87. The molecule has 1 aliphatic rings. The fraction of sp³-hybridized carbons (Fsp3) is 0.407. The highest BCUT2D eigenvalue weighted by molar-refractivity contribution is 6.46. The molecule has 194 valence electrons. The Balaban J connectivity index is 2.15. The third-order valence-corrected chi connectivity index (χ3v) is 6.62. The maximum absolute atomic E-state index is 13.3. The highest BCUT2D eigenvalue weighted by Gasteiger charge is 2.46. The summed E-state index contributed by atoms with van der Waals surface area (Å²) in [6, 6.07) is 9.15. The third kappa shape index (κ3) is 5.44. The number of Topliss-reactive ketones (excluding diaryl/α,β-unsaturated/α-hetero) is 1. The lowest BCUT2D eigenvalue weighted by molar-refractivity contribution is -0.140. The van der Waals surface area contributed by atoms with Crippen LogP contribution in [0.5, 0.6) is 17.2 Å². The number of rotatable bonds is 11. The molecule has 1 atom stereocenters. The highest BCUT2D eigenvalue weighted by Crippen LogP contribution is 2.42. The summed E-state index contributed by atoms with van der Waals surface area (Å²) in [5.74, 6) is -0.291. The normalized spacial score (nSPS) is 17.1. The molecule has 9 heteroatoms. The van der Waals surface area contributed by atoms with Gasteiger partial charge in [0.25, 0.3) is 11.7 Å². The first-order valence-corrected chi connectivity index (χ1v) is 12.3. The van der Waals surface area contributed by atoms with Crippen LogP contribution in [-0.2, 0) is 9.59 Å². The van der Waals surface area contributed by atoms with E-state index in [1.54, 1.807) is 30.3 Å². The Morgan fingerprint density at radius 1 is 1.00 bits per heavy atom. The Morgan fingerprint density at radius 2 is 1.67 bits per heavy atom. The lowest BCUT2D eigenvalue weighted by Gasteiger charge is -2.28. The molecule has 1 amide bonds. The topological polar surface area (TPSA) is 88.5 Å². The molecule has 1 fully saturated rings. The number of nitrogens with zero attached hydrogens (tertiary/aromatic N) is 2. The molecule has 1 aliphatic heterocycles. The first kappa shape index (κ1) is 27.4. The molecule has 1 heterocycles. The van der Waals surface area contributed by atoms with Gasteiger partial charge in [0.15, 0.2) is 11.5 Å². The second-order valence-electron chi connectivity index (χ2n) is 8.21. The summed E-state index contributed by atoms with van der Waals surface area (Å²) in [7, 11) is 3.05. The molecule has 0 aromatic heterocycles. The van der Waals surface area contributed by atoms with Gasteiger partial charge in [-0.3, -0.25) is 9.59 Å². The lowest BCUT2D eigenvalue weighted by atomic mass is 9.95. The molecule has 0 saturated carbocycles. The smallest absolute Gasteiger partial charge is 0.295 e. The molecule has 1 N–H and O–H groups in total. The van der Waals surface area contributed by atoms with E-state index in [2.05, 4.69) is 4.90 Å². The molecule has 8 nitrogen and oxygen atoms in total. The Kier molecular flexibility index (Phi) is 9.23. The fourth-order valence-corrected chi connectivity index (χ4v) is 4.58. The number of likely N-dealkylation sites (tertiary alicyclic amines) is 1. The minimum absolute atomic E-state index is 0.00741. The zero-order valence-electron chi connectivity index (χ0n) is 21.3. The van der Waals surface area contributed by atoms with Gasteiger partial charge in [-0.25, -0.2) is 0 Å². The van der Waals surface area contributed by atoms with Crippen molar-refractivity contribution in [3.05, 3.63) is 58.1 Å². The molecule has 0 aliphatic carbocycles. The van der Waals surface area contributed by atoms with Gasteiger partial charge < -0.3 is 29.1 Å². The Labute approximate surface area is 217 Å². The van der Waals surface area contributed by atoms with E-state index in [4.69, 9.17) is 25.8 Å². The second-order valence-corrected chi connectivity index (χ2v) is 8.62. The summed E-state index contributed by atoms with van der Waals surface area (Å²) in [5.41, 5.74) is 0.924. The van der Waals surface area contributed by atoms with Gasteiger partial charge in [0.2, 0.25) is 0 Å². The molecule has 2 aromatic carbocycles. The maximum atomic E-state index is 13.3. The van der Waals surface area contributed by atoms with E-state index in [9.17, 15) is 14.7 Å². The van der Waals surface area contributed by atoms with Gasteiger partial charge in [0, 0.05) is 18.7 Å². The van der Waals surface area contributed by atoms with Gasteiger partial charge >= 0.3 is 0 Å². The van der Waals surface area contributed by atoms with E-state index >= 15 is 0 Å². The highest BCUT2D eigenvalue weighted by atomic mass is 35.5. The number of carbonyl (C=O) groups is 2. The van der Waals surface area contributed by atoms with Crippen LogP contribution in [0.3, 0.4) is 0 Å². The number of aliphatic hydroxyl groups excluding tert-OH is 1. The van der Waals surface area contributed by atoms with Crippen molar-refractivity contribution in [1.82, 2.24) is 9.80 Å². The van der Waals surface area contributed by atoms with Crippen molar-refractivity contribution in [2.45, 2.75) is 26.8 Å². The van der Waals surface area contributed by atoms with Crippen LogP contribution in [-0.4, -0.2) is 73.6 Å². The van der Waals surface area contributed by atoms with Crippen LogP contribution >= 0.6 is 11.6 Å². The van der Waals surface area contributed by atoms with Gasteiger partial charge in [0.05, 0.1) is 37.5 Å². The number of aliphatic hydroxyl groups is 1. The van der Waals surface area contributed by atoms with E-state index in [0.29, 0.717) is 53.1 Å². The van der Waals surface area contributed by atoms with Crippen LogP contribution in [0, 0.1) is 0 Å². The van der Waals surface area contributed by atoms with Crippen molar-refractivity contribution in [2.24, 2.45) is 0 Å². The number of amides is 1. The van der Waals surface area contributed by atoms with Crippen LogP contribution in [0.15, 0.2) is 42.0 Å². The van der Waals surface area contributed by atoms with Gasteiger partial charge in [0.1, 0.15) is 11.5 Å². The fourth-order valence-electron chi connectivity index (χ4n) is 4.35. The van der Waals surface area contributed by atoms with Crippen LogP contribution in [0.25, 0.3) is 5.76 Å². The standard InChI is InChI=1S/C27H33ClN2O6/c1-6-29(7-2)13-14-30-24(17-9-12-21(34-4)22(16-17)35-5)23(26(32)27(30)33)25(31)18-10-11-20(36-8-3)19(28)15-18/h9-12,15-16,24,31H,6-8,13-14H2,1-5H3/b25-23+. The minimum atomic E-state index is -0.814. The minimum Gasteiger partial charge on any atom is -0.507 e. The van der Waals surface area contributed by atoms with E-state index in [1.165, 1.54) is 25.2 Å². The molecule has 0 spiro atoms. The monoisotopic (exact) mass is 516 g/mol. The van der Waals surface area contributed by atoms with Crippen molar-refractivity contribution in [1.29, 1.82) is 0 Å². The molecule has 1 unspecified atom stereocenters. The summed E-state index contributed by atoms with van der Waals surface area (Å²) >= 11 is 6.34. The molecule has 2 aromatic rings. The zero-order valence-corrected chi connectivity index (χ0v) is 22.1. The number of carbonyl (C=O) groups excluding carboxylic acids is 2. The lowest BCUT2D eigenvalue weighted by Crippen LogP contribution is -2.38. The number of hydrogen-bond acceptors (Lipinski definition) is 7. The number of ether oxygens (including phenoxy) is 3. The van der Waals surface area contributed by atoms with Crippen molar-refractivity contribution < 1.29 is 28.9 Å². The van der Waals surface area contributed by atoms with E-state index in [1.807, 2.05) is 20.8 Å². The number of likely N-dealkylation sites (N-methyl/N-ethyl adjacent to an activating group) is 1. The van der Waals surface area contributed by atoms with Crippen molar-refractivity contribution in [3.63, 3.8) is 0 Å². The summed E-state index contributed by atoms with van der Waals surface area (Å²) in [6.07, 6.45) is 0. The third-order valence-electron chi connectivity index (χ3n) is 6.32. The SMILES string of the molecule is CCOc1ccc(/C(O)=C2\C(=O)C(=O)N(CCN(CC)CC)C2c2ccc(OC)c(OC)c2)cc1Cl. The number of benzene rings is 2. The molecule has 36 heavy (non-hydrogen) atoms. The number of hydrogen-bond donors (Lipinski definition) is 1. The molecule has 0 bridgehead atoms. The average Bonchev–Trinajstić information content (AvgIpc) is 3.14. The van der Waals surface area contributed by atoms with E-state index in [-0.39, 0.29) is 11.3 Å². The van der Waals surface area contributed by atoms with Gasteiger partial charge in [-0.2, -0.15) is 0 Å². The van der Waals surface area contributed by atoms with Crippen LogP contribution in [0.4, 0.5) is 0 Å². The van der Waals surface area contributed by atoms with Crippen LogP contribution in [0.2, 0.25) is 5.02 Å². The van der Waals surface area contributed by atoms with E-state index < -0.39 is 17.7 Å². The molecular weight excluding hydrogens is 484 g/mol. The Morgan fingerprint density at radius 3 is 2.25 bits per heavy atom. The van der Waals surface area contributed by atoms with Crippen LogP contribution < -0.4 is 14.2 Å². The van der Waals surface area contributed by atoms with Crippen molar-refractivity contribution >= 4 is 29.1 Å². The predicted octanol–water partition coefficient (Wildman–Crippen LogP) is 4.52. The molecule has 3 rings (SSSR count). The summed E-state index contributed by atoms with van der Waals surface area (Å²) < 4.78 is 16.3. The van der Waals surface area contributed by atoms with Gasteiger partial charge in [-0.15, -0.1) is 0 Å². The van der Waals surface area contributed by atoms with Crippen molar-refractivity contribution in [2.75, 3.05) is 47.0 Å². The van der Waals surface area contributed by atoms with Crippen molar-refractivity contribution in [3.8, 4) is 17.2 Å². The summed E-state index contributed by atoms with van der Waals surface area (Å²) in [4.78, 5) is 30.2. The van der Waals surface area contributed by atoms with Gasteiger partial charge in [-0.05, 0) is 55.9 Å². The number of halogens is 1. The number of ketones is 1. The predicted molar refractivity (Wildman–Crippen MR) is 139 cm³/mol. The largest absolute Gasteiger partial charge is 0.507 e. The first-order chi connectivity index (χ1) is 17.3. The Bertz CT molecular complexity index is 1150. The maximum Gasteiger partial charge on any atom is 0.295 e.